The molecule has 0 atom stereocenters. The van der Waals surface area contributed by atoms with Gasteiger partial charge in [0.05, 0.1) is 0 Å². The Labute approximate surface area is 130 Å². The number of nitrogens with zero attached hydrogens (tertiary/aromatic N) is 3. The molecule has 22 heavy (non-hydrogen) atoms. The van der Waals surface area contributed by atoms with Gasteiger partial charge in [-0.15, -0.1) is 16.4 Å². The van der Waals surface area contributed by atoms with Crippen LogP contribution in [0.15, 0.2) is 42.5 Å². The van der Waals surface area contributed by atoms with E-state index in [2.05, 4.69) is 32.8 Å². The number of aromatic nitrogens is 4. The van der Waals surface area contributed by atoms with Crippen molar-refractivity contribution in [2.45, 2.75) is 6.42 Å². The number of carboxylic acids is 1. The van der Waals surface area contributed by atoms with Gasteiger partial charge in [0, 0.05) is 27.8 Å². The van der Waals surface area contributed by atoms with Crippen LogP contribution in [0.25, 0.3) is 17.5 Å². The van der Waals surface area contributed by atoms with E-state index in [0.717, 1.165) is 27.8 Å². The number of thiophene rings is 1. The number of hydrogen-bond acceptors (Lipinski definition) is 5. The molecule has 0 saturated carbocycles. The Morgan fingerprint density at radius 1 is 1.32 bits per heavy atom. The van der Waals surface area contributed by atoms with Crippen LogP contribution in [0, 0.1) is 0 Å². The number of nitrogens with one attached hydrogen (secondary N) is 1. The van der Waals surface area contributed by atoms with Crippen LogP contribution < -0.4 is 0 Å². The van der Waals surface area contributed by atoms with Crippen LogP contribution in [-0.2, 0) is 11.2 Å². The number of hydrogen-bond donors (Lipinski definition) is 2. The summed E-state index contributed by atoms with van der Waals surface area (Å²) in [6.07, 6.45) is 3.44. The maximum atomic E-state index is 10.7. The highest BCUT2D eigenvalue weighted by Crippen LogP contribution is 2.32. The Hall–Kier alpha value is -2.80. The summed E-state index contributed by atoms with van der Waals surface area (Å²) in [6, 6.07) is 11.9. The van der Waals surface area contributed by atoms with Crippen molar-refractivity contribution in [2.75, 3.05) is 0 Å². The summed E-state index contributed by atoms with van der Waals surface area (Å²) in [6.45, 7) is 0. The standard InChI is InChI=1S/C15H12N4O2S/c20-14(21)7-6-11-9-12(15-16-18-19-17-15)13(22-11)8-10-4-2-1-3-5-10/h1-7,9H,8H2,(H,20,21)(H,16,17,18,19)/b7-6+. The topological polar surface area (TPSA) is 91.8 Å². The summed E-state index contributed by atoms with van der Waals surface area (Å²) in [5.41, 5.74) is 2.07. The maximum absolute atomic E-state index is 10.7. The highest BCUT2D eigenvalue weighted by molar-refractivity contribution is 7.13. The molecule has 110 valence electrons. The number of carboxylic acid groups (broad SMARTS) is 1. The fourth-order valence-electron chi connectivity index (χ4n) is 2.07. The second kappa shape index (κ2) is 6.31. The van der Waals surface area contributed by atoms with E-state index in [0.29, 0.717) is 5.82 Å². The van der Waals surface area contributed by atoms with E-state index in [1.807, 2.05) is 24.3 Å². The van der Waals surface area contributed by atoms with Crippen LogP contribution in [0.4, 0.5) is 0 Å². The minimum atomic E-state index is -0.971. The molecule has 0 radical (unpaired) electrons. The first-order valence-corrected chi connectivity index (χ1v) is 7.36. The summed E-state index contributed by atoms with van der Waals surface area (Å²) in [4.78, 5) is 12.6. The molecule has 0 aliphatic rings. The van der Waals surface area contributed by atoms with Crippen molar-refractivity contribution >= 4 is 23.4 Å². The van der Waals surface area contributed by atoms with Gasteiger partial charge in [0.2, 0.25) is 0 Å². The smallest absolute Gasteiger partial charge is 0.328 e. The SMILES string of the molecule is O=C(O)/C=C/c1cc(-c2nnn[nH]2)c(Cc2ccccc2)s1. The third kappa shape index (κ3) is 3.26. The second-order valence-corrected chi connectivity index (χ2v) is 5.74. The zero-order chi connectivity index (χ0) is 15.4. The first-order chi connectivity index (χ1) is 10.7. The molecule has 3 aromatic rings. The summed E-state index contributed by atoms with van der Waals surface area (Å²) >= 11 is 1.53. The van der Waals surface area contributed by atoms with Gasteiger partial charge in [0.15, 0.2) is 5.82 Å². The van der Waals surface area contributed by atoms with Gasteiger partial charge in [-0.2, -0.15) is 0 Å². The largest absolute Gasteiger partial charge is 0.478 e. The lowest BCUT2D eigenvalue weighted by Crippen LogP contribution is -1.88. The molecule has 0 aliphatic carbocycles. The van der Waals surface area contributed by atoms with Gasteiger partial charge in [0.25, 0.3) is 0 Å². The number of benzene rings is 1. The van der Waals surface area contributed by atoms with Crippen molar-refractivity contribution < 1.29 is 9.90 Å². The number of aromatic amines is 1. The molecule has 0 saturated heterocycles. The van der Waals surface area contributed by atoms with Gasteiger partial charge in [-0.1, -0.05) is 30.3 Å². The van der Waals surface area contributed by atoms with Crippen molar-refractivity contribution in [1.29, 1.82) is 0 Å². The molecule has 2 N–H and O–H groups in total. The van der Waals surface area contributed by atoms with Crippen LogP contribution in [0.5, 0.6) is 0 Å². The Morgan fingerprint density at radius 2 is 2.14 bits per heavy atom. The van der Waals surface area contributed by atoms with Crippen LogP contribution >= 0.6 is 11.3 Å². The quantitative estimate of drug-likeness (QED) is 0.707. The van der Waals surface area contributed by atoms with E-state index in [9.17, 15) is 4.79 Å². The fourth-order valence-corrected chi connectivity index (χ4v) is 3.17. The average molecular weight is 312 g/mol. The third-order valence-electron chi connectivity index (χ3n) is 3.03. The number of rotatable bonds is 5. The molecule has 3 rings (SSSR count). The summed E-state index contributed by atoms with van der Waals surface area (Å²) in [7, 11) is 0. The molecular formula is C15H12N4O2S. The average Bonchev–Trinajstić information content (AvgIpc) is 3.15. The van der Waals surface area contributed by atoms with E-state index in [1.165, 1.54) is 16.9 Å². The molecule has 0 fully saturated rings. The predicted molar refractivity (Wildman–Crippen MR) is 83.4 cm³/mol. The molecule has 0 unspecified atom stereocenters. The van der Waals surface area contributed by atoms with Gasteiger partial charge < -0.3 is 5.11 Å². The Balaban J connectivity index is 1.97. The number of tetrazole rings is 1. The normalized spacial score (nSPS) is 11.1. The number of carbonyl (C=O) groups is 1. The molecule has 0 spiro atoms. The summed E-state index contributed by atoms with van der Waals surface area (Å²) in [5, 5.41) is 22.7. The van der Waals surface area contributed by atoms with Crippen LogP contribution in [0.2, 0.25) is 0 Å². The van der Waals surface area contributed by atoms with Gasteiger partial charge >= 0.3 is 5.97 Å². The Morgan fingerprint density at radius 3 is 2.82 bits per heavy atom. The lowest BCUT2D eigenvalue weighted by atomic mass is 10.1. The van der Waals surface area contributed by atoms with Gasteiger partial charge in [-0.25, -0.2) is 9.89 Å². The molecule has 7 heteroatoms. The van der Waals surface area contributed by atoms with Crippen molar-refractivity contribution in [3.63, 3.8) is 0 Å². The lowest BCUT2D eigenvalue weighted by Gasteiger charge is -2.00. The zero-order valence-corrected chi connectivity index (χ0v) is 12.2. The Bertz CT molecular complexity index is 794. The monoisotopic (exact) mass is 312 g/mol. The van der Waals surface area contributed by atoms with Crippen molar-refractivity contribution in [1.82, 2.24) is 20.6 Å². The van der Waals surface area contributed by atoms with E-state index >= 15 is 0 Å². The van der Waals surface area contributed by atoms with Crippen molar-refractivity contribution in [3.8, 4) is 11.4 Å². The molecule has 1 aromatic carbocycles. The lowest BCUT2D eigenvalue weighted by molar-refractivity contribution is -0.131. The molecule has 2 aromatic heterocycles. The van der Waals surface area contributed by atoms with Crippen molar-refractivity contribution in [3.05, 3.63) is 57.8 Å². The van der Waals surface area contributed by atoms with Crippen molar-refractivity contribution in [2.24, 2.45) is 0 Å². The minimum absolute atomic E-state index is 0.581. The Kier molecular flexibility index (Phi) is 4.06. The molecule has 6 nitrogen and oxygen atoms in total. The predicted octanol–water partition coefficient (Wildman–Crippen LogP) is 2.62. The van der Waals surface area contributed by atoms with E-state index in [-0.39, 0.29) is 0 Å². The molecule has 0 bridgehead atoms. The molecular weight excluding hydrogens is 300 g/mol. The van der Waals surface area contributed by atoms with Crippen LogP contribution in [0.1, 0.15) is 15.3 Å². The maximum Gasteiger partial charge on any atom is 0.328 e. The summed E-state index contributed by atoms with van der Waals surface area (Å²) in [5.74, 6) is -0.391. The number of H-pyrrole nitrogens is 1. The zero-order valence-electron chi connectivity index (χ0n) is 11.4. The fraction of sp³-hybridized carbons (Fsp3) is 0.0667. The first-order valence-electron chi connectivity index (χ1n) is 6.54. The highest BCUT2D eigenvalue weighted by atomic mass is 32.1. The van der Waals surface area contributed by atoms with Gasteiger partial charge in [-0.05, 0) is 28.1 Å². The van der Waals surface area contributed by atoms with E-state index in [4.69, 9.17) is 5.11 Å². The van der Waals surface area contributed by atoms with Gasteiger partial charge in [0.1, 0.15) is 0 Å². The molecule has 0 amide bonds. The highest BCUT2D eigenvalue weighted by Gasteiger charge is 2.13. The van der Waals surface area contributed by atoms with E-state index < -0.39 is 5.97 Å². The third-order valence-corrected chi connectivity index (χ3v) is 4.13. The van der Waals surface area contributed by atoms with E-state index in [1.54, 1.807) is 6.08 Å². The van der Waals surface area contributed by atoms with Gasteiger partial charge in [-0.3, -0.25) is 0 Å². The molecule has 0 aliphatic heterocycles. The van der Waals surface area contributed by atoms with Crippen LogP contribution in [0.3, 0.4) is 0 Å². The van der Waals surface area contributed by atoms with Crippen LogP contribution in [-0.4, -0.2) is 31.7 Å². The molecule has 2 heterocycles. The first kappa shape index (κ1) is 14.2. The minimum Gasteiger partial charge on any atom is -0.478 e. The number of aliphatic carboxylic acids is 1. The summed E-state index contributed by atoms with van der Waals surface area (Å²) < 4.78 is 0. The second-order valence-electron chi connectivity index (χ2n) is 4.57.